The lowest BCUT2D eigenvalue weighted by atomic mass is 10.1. The van der Waals surface area contributed by atoms with Gasteiger partial charge in [0, 0.05) is 25.7 Å². The van der Waals surface area contributed by atoms with Gasteiger partial charge >= 0.3 is 39.5 Å². The number of hydrogen-bond donors (Lipinski definition) is 3. The van der Waals surface area contributed by atoms with Crippen LogP contribution in [0.5, 0.6) is 0 Å². The highest BCUT2D eigenvalue weighted by Crippen LogP contribution is 2.45. The summed E-state index contributed by atoms with van der Waals surface area (Å²) in [5.41, 5.74) is 0. The fourth-order valence-electron chi connectivity index (χ4n) is 10.4. The number of rotatable bonds is 74. The van der Waals surface area contributed by atoms with E-state index >= 15 is 0 Å². The van der Waals surface area contributed by atoms with E-state index in [1.807, 2.05) is 0 Å². The molecule has 19 heteroatoms. The van der Waals surface area contributed by atoms with Gasteiger partial charge in [-0.15, -0.1) is 0 Å². The van der Waals surface area contributed by atoms with Gasteiger partial charge in [-0.05, 0) is 154 Å². The number of aliphatic hydroxyl groups excluding tert-OH is 1. The van der Waals surface area contributed by atoms with Crippen molar-refractivity contribution in [2.24, 2.45) is 0 Å². The van der Waals surface area contributed by atoms with Crippen LogP contribution >= 0.6 is 15.6 Å². The molecule has 0 radical (unpaired) electrons. The maximum absolute atomic E-state index is 13.1. The highest BCUT2D eigenvalue weighted by molar-refractivity contribution is 7.47. The minimum Gasteiger partial charge on any atom is -0.462 e. The van der Waals surface area contributed by atoms with Gasteiger partial charge in [0.1, 0.15) is 19.3 Å². The zero-order valence-corrected chi connectivity index (χ0v) is 65.8. The first-order valence-corrected chi connectivity index (χ1v) is 42.8. The molecule has 0 bridgehead atoms. The summed E-state index contributed by atoms with van der Waals surface area (Å²) < 4.78 is 68.6. The molecule has 0 fully saturated rings. The van der Waals surface area contributed by atoms with Crippen LogP contribution in [-0.2, 0) is 65.4 Å². The maximum Gasteiger partial charge on any atom is 0.472 e. The molecular weight excluding hydrogens is 1330 g/mol. The van der Waals surface area contributed by atoms with Crippen molar-refractivity contribution in [3.05, 3.63) is 122 Å². The molecule has 5 unspecified atom stereocenters. The summed E-state index contributed by atoms with van der Waals surface area (Å²) in [5, 5.41) is 10.6. The van der Waals surface area contributed by atoms with Gasteiger partial charge in [-0.1, -0.05) is 265 Å². The van der Waals surface area contributed by atoms with Gasteiger partial charge < -0.3 is 33.8 Å². The molecule has 0 aliphatic heterocycles. The van der Waals surface area contributed by atoms with Gasteiger partial charge in [0.2, 0.25) is 0 Å². The number of unbranched alkanes of at least 4 members (excludes halogenated alkanes) is 28. The molecule has 102 heavy (non-hydrogen) atoms. The molecule has 586 valence electrons. The van der Waals surface area contributed by atoms with Gasteiger partial charge in [0.15, 0.2) is 12.2 Å². The van der Waals surface area contributed by atoms with E-state index in [-0.39, 0.29) is 25.7 Å². The molecule has 5 atom stereocenters. The number of hydrogen-bond acceptors (Lipinski definition) is 15. The zero-order chi connectivity index (χ0) is 74.6. The minimum atomic E-state index is -4.99. The molecule has 0 saturated heterocycles. The van der Waals surface area contributed by atoms with Gasteiger partial charge in [-0.2, -0.15) is 0 Å². The van der Waals surface area contributed by atoms with E-state index in [1.165, 1.54) is 38.5 Å². The number of ether oxygens (including phenoxy) is 4. The largest absolute Gasteiger partial charge is 0.472 e. The van der Waals surface area contributed by atoms with Crippen molar-refractivity contribution >= 4 is 39.5 Å². The molecule has 0 amide bonds. The predicted molar refractivity (Wildman–Crippen MR) is 418 cm³/mol. The van der Waals surface area contributed by atoms with Crippen molar-refractivity contribution in [3.8, 4) is 0 Å². The Morgan fingerprint density at radius 2 is 0.510 bits per heavy atom. The van der Waals surface area contributed by atoms with E-state index in [2.05, 4.69) is 149 Å². The quantitative estimate of drug-likeness (QED) is 0.0169. The number of phosphoric ester groups is 2. The third kappa shape index (κ3) is 73.8. The Morgan fingerprint density at radius 3 is 0.784 bits per heavy atom. The monoisotopic (exact) mass is 1470 g/mol. The minimum absolute atomic E-state index is 0.0730. The average molecular weight is 1470 g/mol. The Bertz CT molecular complexity index is 2410. The molecular formula is C83H142O17P2. The van der Waals surface area contributed by atoms with Crippen LogP contribution in [0.4, 0.5) is 0 Å². The maximum atomic E-state index is 13.1. The molecule has 17 nitrogen and oxygen atoms in total. The first kappa shape index (κ1) is 97.5. The van der Waals surface area contributed by atoms with E-state index in [0.717, 1.165) is 205 Å². The summed E-state index contributed by atoms with van der Waals surface area (Å²) in [6, 6.07) is 0. The first-order chi connectivity index (χ1) is 49.7. The van der Waals surface area contributed by atoms with Crippen molar-refractivity contribution in [2.45, 2.75) is 341 Å². The van der Waals surface area contributed by atoms with Crippen LogP contribution in [0.3, 0.4) is 0 Å². The van der Waals surface area contributed by atoms with Crippen LogP contribution in [0.2, 0.25) is 0 Å². The molecule has 3 N–H and O–H groups in total. The van der Waals surface area contributed by atoms with Gasteiger partial charge in [0.25, 0.3) is 0 Å². The fraction of sp³-hybridized carbons (Fsp3) is 0.711. The lowest BCUT2D eigenvalue weighted by molar-refractivity contribution is -0.161. The highest BCUT2D eigenvalue weighted by Gasteiger charge is 2.30. The van der Waals surface area contributed by atoms with Crippen molar-refractivity contribution in [2.75, 3.05) is 39.6 Å². The van der Waals surface area contributed by atoms with E-state index in [9.17, 15) is 43.2 Å². The topological polar surface area (TPSA) is 237 Å². The van der Waals surface area contributed by atoms with Crippen LogP contribution in [0, 0.1) is 0 Å². The summed E-state index contributed by atoms with van der Waals surface area (Å²) in [4.78, 5) is 73.0. The molecule has 0 spiro atoms. The number of allylic oxidation sites excluding steroid dienone is 20. The van der Waals surface area contributed by atoms with E-state index in [0.29, 0.717) is 25.7 Å². The summed E-state index contributed by atoms with van der Waals surface area (Å²) in [5.74, 6) is -2.23. The van der Waals surface area contributed by atoms with Crippen LogP contribution in [-0.4, -0.2) is 96.7 Å². The SMILES string of the molecule is CC/C=C\C/C=C\C/C=C\CCCCCCCCCC(=O)OCC(COP(=O)(O)OCC(O)COP(=O)(O)OCC(COC(=O)CCCCCCC/C=C\C/C=C\C/C=C\CC)OC(=O)CCCCCCC/C=C\C/C=C\CCCCC)OC(=O)CCCCCCC/C=C\C/C=C\CCCCC. The van der Waals surface area contributed by atoms with Gasteiger partial charge in [0.05, 0.1) is 26.4 Å². The second-order valence-electron chi connectivity index (χ2n) is 26.2. The number of phosphoric acid groups is 2. The van der Waals surface area contributed by atoms with Crippen LogP contribution in [0.25, 0.3) is 0 Å². The third-order valence-corrected chi connectivity index (χ3v) is 18.3. The number of esters is 4. The van der Waals surface area contributed by atoms with Crippen LogP contribution in [0.15, 0.2) is 122 Å². The van der Waals surface area contributed by atoms with E-state index in [4.69, 9.17) is 37.0 Å². The first-order valence-electron chi connectivity index (χ1n) is 39.8. The van der Waals surface area contributed by atoms with Gasteiger partial charge in [-0.3, -0.25) is 37.3 Å². The van der Waals surface area contributed by atoms with Gasteiger partial charge in [-0.25, -0.2) is 9.13 Å². The van der Waals surface area contributed by atoms with Crippen molar-refractivity contribution < 1.29 is 80.2 Å². The molecule has 0 heterocycles. The highest BCUT2D eigenvalue weighted by atomic mass is 31.2. The van der Waals surface area contributed by atoms with Crippen molar-refractivity contribution in [3.63, 3.8) is 0 Å². The molecule has 0 aliphatic carbocycles. The standard InChI is InChI=1S/C83H142O17P2/c1-5-9-13-17-21-25-29-33-37-38-42-44-48-52-56-60-64-68-81(86)94-74-79(100-83(88)70-66-62-58-54-50-46-41-36-32-28-24-20-16-12-8-4)76-98-102(91,92)96-72-77(84)71-95-101(89,90)97-75-78(99-82(87)69-65-61-57-53-49-45-40-35-31-27-23-19-15-11-7-3)73-93-80(85)67-63-59-55-51-47-43-39-34-30-26-22-18-14-10-6-2/h9-10,13-14,21-28,33-37,39-41,77-79,84H,5-8,11-12,15-20,29-32,38,42-76H2,1-4H3,(H,89,90)(H,91,92)/b13-9-,14-10-,25-21-,26-22-,27-23-,28-24-,37-33-,39-34-,40-35-,41-36-. The van der Waals surface area contributed by atoms with Crippen LogP contribution in [0.1, 0.15) is 323 Å². The lowest BCUT2D eigenvalue weighted by Crippen LogP contribution is -2.30. The Kier molecular flexibility index (Phi) is 71.4. The van der Waals surface area contributed by atoms with E-state index in [1.54, 1.807) is 0 Å². The Morgan fingerprint density at radius 1 is 0.284 bits per heavy atom. The summed E-state index contributed by atoms with van der Waals surface area (Å²) in [6.45, 7) is 4.56. The predicted octanol–water partition coefficient (Wildman–Crippen LogP) is 23.1. The molecule has 0 aromatic heterocycles. The number of carbonyl (C=O) groups is 4. The molecule has 0 aromatic carbocycles. The zero-order valence-electron chi connectivity index (χ0n) is 64.0. The Balaban J connectivity index is 5.40. The summed E-state index contributed by atoms with van der Waals surface area (Å²) in [7, 11) is -9.97. The molecule has 0 rings (SSSR count). The van der Waals surface area contributed by atoms with Crippen molar-refractivity contribution in [1.82, 2.24) is 0 Å². The third-order valence-electron chi connectivity index (χ3n) is 16.4. The second kappa shape index (κ2) is 74.7. The van der Waals surface area contributed by atoms with E-state index < -0.39 is 97.5 Å². The Labute approximate surface area is 619 Å². The molecule has 0 aromatic rings. The summed E-state index contributed by atoms with van der Waals surface area (Å²) >= 11 is 0. The average Bonchev–Trinajstić information content (AvgIpc) is 0.923. The number of carbonyl (C=O) groups excluding carboxylic acids is 4. The van der Waals surface area contributed by atoms with Crippen molar-refractivity contribution in [1.29, 1.82) is 0 Å². The smallest absolute Gasteiger partial charge is 0.462 e. The lowest BCUT2D eigenvalue weighted by Gasteiger charge is -2.21. The fourth-order valence-corrected chi connectivity index (χ4v) is 11.9. The normalized spacial score (nSPS) is 14.5. The molecule has 0 aliphatic rings. The molecule has 0 saturated carbocycles. The second-order valence-corrected chi connectivity index (χ2v) is 29.1. The number of aliphatic hydroxyl groups is 1. The summed E-state index contributed by atoms with van der Waals surface area (Å²) in [6.07, 6.45) is 81.7. The van der Waals surface area contributed by atoms with Crippen LogP contribution < -0.4 is 0 Å². The Hall–Kier alpha value is -4.54.